The van der Waals surface area contributed by atoms with Crippen LogP contribution in [0.1, 0.15) is 27.2 Å². The molecule has 4 heteroatoms. The zero-order valence-electron chi connectivity index (χ0n) is 10.3. The van der Waals surface area contributed by atoms with Crippen molar-refractivity contribution in [2.45, 2.75) is 27.2 Å². The summed E-state index contributed by atoms with van der Waals surface area (Å²) in [5.74, 6) is 0.369. The van der Waals surface area contributed by atoms with Crippen molar-refractivity contribution in [2.24, 2.45) is 17.1 Å². The molecule has 0 heterocycles. The van der Waals surface area contributed by atoms with Crippen LogP contribution in [0.3, 0.4) is 0 Å². The maximum absolute atomic E-state index is 11.8. The van der Waals surface area contributed by atoms with E-state index in [0.717, 1.165) is 6.42 Å². The number of carbonyl (C=O) groups is 1. The second-order valence-corrected chi connectivity index (χ2v) is 4.39. The van der Waals surface area contributed by atoms with Crippen LogP contribution >= 0.6 is 0 Å². The van der Waals surface area contributed by atoms with Crippen molar-refractivity contribution in [1.82, 2.24) is 5.32 Å². The van der Waals surface area contributed by atoms with E-state index in [9.17, 15) is 4.79 Å². The SMILES string of the molecule is CCC(C)(CN)C(=O)NCC(C)COC. The maximum Gasteiger partial charge on any atom is 0.227 e. The van der Waals surface area contributed by atoms with E-state index in [1.54, 1.807) is 7.11 Å². The van der Waals surface area contributed by atoms with Crippen LogP contribution in [-0.2, 0) is 9.53 Å². The number of rotatable bonds is 7. The van der Waals surface area contributed by atoms with Gasteiger partial charge in [-0.1, -0.05) is 13.8 Å². The highest BCUT2D eigenvalue weighted by Gasteiger charge is 2.29. The van der Waals surface area contributed by atoms with E-state index in [0.29, 0.717) is 25.6 Å². The number of amides is 1. The Morgan fingerprint density at radius 3 is 2.60 bits per heavy atom. The van der Waals surface area contributed by atoms with Gasteiger partial charge in [-0.25, -0.2) is 0 Å². The van der Waals surface area contributed by atoms with Crippen molar-refractivity contribution in [3.8, 4) is 0 Å². The topological polar surface area (TPSA) is 64.4 Å². The largest absolute Gasteiger partial charge is 0.384 e. The zero-order chi connectivity index (χ0) is 11.9. The second kappa shape index (κ2) is 6.80. The summed E-state index contributed by atoms with van der Waals surface area (Å²) in [6, 6.07) is 0. The first-order chi connectivity index (χ1) is 7.00. The molecular formula is C11H24N2O2. The van der Waals surface area contributed by atoms with Crippen molar-refractivity contribution >= 4 is 5.91 Å². The van der Waals surface area contributed by atoms with Crippen molar-refractivity contribution in [1.29, 1.82) is 0 Å². The number of carbonyl (C=O) groups excluding carboxylic acids is 1. The molecule has 0 bridgehead atoms. The Kier molecular flexibility index (Phi) is 6.52. The molecule has 1 amide bonds. The molecule has 0 saturated carbocycles. The molecule has 0 spiro atoms. The van der Waals surface area contributed by atoms with Gasteiger partial charge in [-0.15, -0.1) is 0 Å². The van der Waals surface area contributed by atoms with Crippen LogP contribution in [0.25, 0.3) is 0 Å². The van der Waals surface area contributed by atoms with E-state index in [4.69, 9.17) is 10.5 Å². The molecule has 3 N–H and O–H groups in total. The molecule has 0 aliphatic heterocycles. The van der Waals surface area contributed by atoms with Crippen molar-refractivity contribution in [3.05, 3.63) is 0 Å². The average Bonchev–Trinajstić information content (AvgIpc) is 2.25. The zero-order valence-corrected chi connectivity index (χ0v) is 10.3. The first kappa shape index (κ1) is 14.4. The van der Waals surface area contributed by atoms with Gasteiger partial charge in [-0.2, -0.15) is 0 Å². The van der Waals surface area contributed by atoms with Gasteiger partial charge in [-0.05, 0) is 19.3 Å². The lowest BCUT2D eigenvalue weighted by molar-refractivity contribution is -0.130. The van der Waals surface area contributed by atoms with E-state index in [1.807, 2.05) is 20.8 Å². The summed E-state index contributed by atoms with van der Waals surface area (Å²) >= 11 is 0. The third kappa shape index (κ3) is 4.62. The number of ether oxygens (including phenoxy) is 1. The Morgan fingerprint density at radius 1 is 1.60 bits per heavy atom. The van der Waals surface area contributed by atoms with Gasteiger partial charge in [-0.3, -0.25) is 4.79 Å². The fourth-order valence-corrected chi connectivity index (χ4v) is 1.22. The number of hydrogen-bond donors (Lipinski definition) is 2. The summed E-state index contributed by atoms with van der Waals surface area (Å²) in [6.07, 6.45) is 0.758. The molecule has 15 heavy (non-hydrogen) atoms. The van der Waals surface area contributed by atoms with Crippen LogP contribution in [-0.4, -0.2) is 32.7 Å². The minimum atomic E-state index is -0.438. The Bertz CT molecular complexity index is 191. The molecule has 90 valence electrons. The van der Waals surface area contributed by atoms with E-state index in [2.05, 4.69) is 5.32 Å². The maximum atomic E-state index is 11.8. The van der Waals surface area contributed by atoms with Crippen LogP contribution in [0.4, 0.5) is 0 Å². The smallest absolute Gasteiger partial charge is 0.227 e. The summed E-state index contributed by atoms with van der Waals surface area (Å²) in [7, 11) is 1.66. The molecule has 0 saturated heterocycles. The monoisotopic (exact) mass is 216 g/mol. The van der Waals surface area contributed by atoms with Crippen LogP contribution in [0.5, 0.6) is 0 Å². The van der Waals surface area contributed by atoms with Crippen molar-refractivity contribution in [2.75, 3.05) is 26.8 Å². The lowest BCUT2D eigenvalue weighted by Gasteiger charge is -2.25. The molecule has 0 fully saturated rings. The summed E-state index contributed by atoms with van der Waals surface area (Å²) in [6.45, 7) is 7.59. The molecule has 4 nitrogen and oxygen atoms in total. The molecule has 0 aromatic heterocycles. The van der Waals surface area contributed by atoms with E-state index >= 15 is 0 Å². The molecule has 2 atom stereocenters. The molecule has 0 aromatic rings. The summed E-state index contributed by atoms with van der Waals surface area (Å²) in [4.78, 5) is 11.8. The minimum absolute atomic E-state index is 0.0375. The molecule has 0 aromatic carbocycles. The third-order valence-electron chi connectivity index (χ3n) is 2.84. The molecule has 0 radical (unpaired) electrons. The van der Waals surface area contributed by atoms with Crippen LogP contribution in [0.15, 0.2) is 0 Å². The normalized spacial score (nSPS) is 16.9. The molecule has 0 aliphatic carbocycles. The average molecular weight is 216 g/mol. The van der Waals surface area contributed by atoms with E-state index in [-0.39, 0.29) is 5.91 Å². The Morgan fingerprint density at radius 2 is 2.20 bits per heavy atom. The Hall–Kier alpha value is -0.610. The number of methoxy groups -OCH3 is 1. The number of nitrogens with one attached hydrogen (secondary N) is 1. The fraction of sp³-hybridized carbons (Fsp3) is 0.909. The predicted octanol–water partition coefficient (Wildman–Crippen LogP) is 0.760. The first-order valence-corrected chi connectivity index (χ1v) is 5.47. The summed E-state index contributed by atoms with van der Waals surface area (Å²) in [5, 5.41) is 2.91. The van der Waals surface area contributed by atoms with Gasteiger partial charge in [0.1, 0.15) is 0 Å². The van der Waals surface area contributed by atoms with E-state index < -0.39 is 5.41 Å². The van der Waals surface area contributed by atoms with Gasteiger partial charge in [0.15, 0.2) is 0 Å². The van der Waals surface area contributed by atoms with E-state index in [1.165, 1.54) is 0 Å². The lowest BCUT2D eigenvalue weighted by atomic mass is 9.86. The molecule has 0 rings (SSSR count). The first-order valence-electron chi connectivity index (χ1n) is 5.47. The van der Waals surface area contributed by atoms with Crippen LogP contribution < -0.4 is 11.1 Å². The summed E-state index contributed by atoms with van der Waals surface area (Å²) < 4.78 is 5.00. The standard InChI is InChI=1S/C11H24N2O2/c1-5-11(3,8-12)10(14)13-6-9(2)7-15-4/h9H,5-8,12H2,1-4H3,(H,13,14). The Labute approximate surface area is 92.6 Å². The molecule has 2 unspecified atom stereocenters. The van der Waals surface area contributed by atoms with Gasteiger partial charge in [0.25, 0.3) is 0 Å². The van der Waals surface area contributed by atoms with Gasteiger partial charge in [0.2, 0.25) is 5.91 Å². The number of hydrogen-bond acceptors (Lipinski definition) is 3. The predicted molar refractivity (Wildman–Crippen MR) is 61.5 cm³/mol. The van der Waals surface area contributed by atoms with Gasteiger partial charge >= 0.3 is 0 Å². The number of nitrogens with two attached hydrogens (primary N) is 1. The summed E-state index contributed by atoms with van der Waals surface area (Å²) in [5.41, 5.74) is 5.16. The second-order valence-electron chi connectivity index (χ2n) is 4.39. The molecule has 0 aliphatic rings. The van der Waals surface area contributed by atoms with Crippen molar-refractivity contribution < 1.29 is 9.53 Å². The highest BCUT2D eigenvalue weighted by molar-refractivity contribution is 5.82. The van der Waals surface area contributed by atoms with Crippen molar-refractivity contribution in [3.63, 3.8) is 0 Å². The minimum Gasteiger partial charge on any atom is -0.384 e. The highest BCUT2D eigenvalue weighted by Crippen LogP contribution is 2.18. The Balaban J connectivity index is 4.02. The van der Waals surface area contributed by atoms with Crippen LogP contribution in [0, 0.1) is 11.3 Å². The third-order valence-corrected chi connectivity index (χ3v) is 2.84. The van der Waals surface area contributed by atoms with Gasteiger partial charge < -0.3 is 15.8 Å². The highest BCUT2D eigenvalue weighted by atomic mass is 16.5. The van der Waals surface area contributed by atoms with Gasteiger partial charge in [0, 0.05) is 20.2 Å². The molecular weight excluding hydrogens is 192 g/mol. The fourth-order valence-electron chi connectivity index (χ4n) is 1.22. The van der Waals surface area contributed by atoms with Crippen LogP contribution in [0.2, 0.25) is 0 Å². The quantitative estimate of drug-likeness (QED) is 0.660. The lowest BCUT2D eigenvalue weighted by Crippen LogP contribution is -2.45. The van der Waals surface area contributed by atoms with Gasteiger partial charge in [0.05, 0.1) is 12.0 Å².